The van der Waals surface area contributed by atoms with Crippen molar-refractivity contribution in [2.45, 2.75) is 16.0 Å². The molecule has 6 heteroatoms. The van der Waals surface area contributed by atoms with E-state index >= 15 is 0 Å². The molecule has 104 valence electrons. The van der Waals surface area contributed by atoms with E-state index in [0.29, 0.717) is 16.1 Å². The van der Waals surface area contributed by atoms with Gasteiger partial charge in [-0.3, -0.25) is 4.79 Å². The fourth-order valence-electron chi connectivity index (χ4n) is 1.54. The molecule has 0 aliphatic carbocycles. The number of hydrogen-bond donors (Lipinski definition) is 0. The monoisotopic (exact) mass is 300 g/mol. The summed E-state index contributed by atoms with van der Waals surface area (Å²) in [4.78, 5) is 11.2. The minimum absolute atomic E-state index is 0.0848. The maximum absolute atomic E-state index is 13.4. The second kappa shape index (κ2) is 5.66. The van der Waals surface area contributed by atoms with Gasteiger partial charge in [0.1, 0.15) is 5.82 Å². The lowest BCUT2D eigenvalue weighted by atomic mass is 10.2. The number of carbonyl (C=O) groups is 1. The Hall–Kier alpha value is -1.82. The first kappa shape index (κ1) is 14.6. The van der Waals surface area contributed by atoms with Crippen LogP contribution in [0.5, 0.6) is 0 Å². The minimum atomic E-state index is -4.41. The molecule has 0 radical (unpaired) electrons. The molecular formula is C14H8F4OS. The van der Waals surface area contributed by atoms with Crippen molar-refractivity contribution < 1.29 is 22.4 Å². The summed E-state index contributed by atoms with van der Waals surface area (Å²) in [6, 6.07) is 8.66. The fourth-order valence-corrected chi connectivity index (χ4v) is 2.44. The number of halogens is 4. The molecule has 2 aromatic carbocycles. The second-order valence-electron chi connectivity index (χ2n) is 3.93. The topological polar surface area (TPSA) is 17.1 Å². The predicted molar refractivity (Wildman–Crippen MR) is 67.4 cm³/mol. The average molecular weight is 300 g/mol. The van der Waals surface area contributed by atoms with Crippen molar-refractivity contribution in [2.24, 2.45) is 0 Å². The Morgan fingerprint density at radius 2 is 1.70 bits per heavy atom. The van der Waals surface area contributed by atoms with Crippen LogP contribution in [0, 0.1) is 5.82 Å². The van der Waals surface area contributed by atoms with Crippen molar-refractivity contribution in [3.63, 3.8) is 0 Å². The van der Waals surface area contributed by atoms with Crippen molar-refractivity contribution in [3.8, 4) is 0 Å². The quantitative estimate of drug-likeness (QED) is 0.598. The van der Waals surface area contributed by atoms with Crippen LogP contribution in [0.15, 0.2) is 52.3 Å². The van der Waals surface area contributed by atoms with E-state index in [2.05, 4.69) is 0 Å². The first-order valence-electron chi connectivity index (χ1n) is 5.50. The van der Waals surface area contributed by atoms with Crippen LogP contribution in [0.1, 0.15) is 15.9 Å². The fraction of sp³-hybridized carbons (Fsp3) is 0.0714. The summed E-state index contributed by atoms with van der Waals surface area (Å²) in [7, 11) is 0. The molecule has 0 aliphatic rings. The summed E-state index contributed by atoms with van der Waals surface area (Å²) in [5, 5.41) is 0. The zero-order valence-corrected chi connectivity index (χ0v) is 10.8. The van der Waals surface area contributed by atoms with E-state index in [9.17, 15) is 22.4 Å². The van der Waals surface area contributed by atoms with Gasteiger partial charge in [0.05, 0.1) is 11.1 Å². The normalized spacial score (nSPS) is 11.4. The molecule has 0 aromatic heterocycles. The number of hydrogen-bond acceptors (Lipinski definition) is 2. The molecule has 0 spiro atoms. The molecule has 2 rings (SSSR count). The molecular weight excluding hydrogens is 292 g/mol. The van der Waals surface area contributed by atoms with Crippen LogP contribution >= 0.6 is 11.8 Å². The van der Waals surface area contributed by atoms with Crippen LogP contribution < -0.4 is 0 Å². The molecule has 0 N–H and O–H groups in total. The highest BCUT2D eigenvalue weighted by Gasteiger charge is 2.30. The first-order valence-corrected chi connectivity index (χ1v) is 6.31. The second-order valence-corrected chi connectivity index (χ2v) is 5.08. The van der Waals surface area contributed by atoms with Crippen LogP contribution in [0.3, 0.4) is 0 Å². The van der Waals surface area contributed by atoms with E-state index < -0.39 is 17.6 Å². The van der Waals surface area contributed by atoms with Gasteiger partial charge in [0.2, 0.25) is 0 Å². The lowest BCUT2D eigenvalue weighted by molar-refractivity contribution is -0.137. The van der Waals surface area contributed by atoms with Gasteiger partial charge >= 0.3 is 6.18 Å². The highest BCUT2D eigenvalue weighted by Crippen LogP contribution is 2.34. The smallest absolute Gasteiger partial charge is 0.298 e. The maximum Gasteiger partial charge on any atom is 0.416 e. The van der Waals surface area contributed by atoms with Crippen LogP contribution in [0.4, 0.5) is 17.6 Å². The summed E-state index contributed by atoms with van der Waals surface area (Å²) in [6.45, 7) is 0. The molecule has 0 fully saturated rings. The lowest BCUT2D eigenvalue weighted by Crippen LogP contribution is -2.04. The number of alkyl halides is 3. The lowest BCUT2D eigenvalue weighted by Gasteiger charge is -2.08. The number of aldehydes is 1. The van der Waals surface area contributed by atoms with E-state index in [1.165, 1.54) is 24.3 Å². The van der Waals surface area contributed by atoms with Crippen LogP contribution in [-0.4, -0.2) is 6.29 Å². The van der Waals surface area contributed by atoms with Crippen molar-refractivity contribution in [3.05, 3.63) is 59.4 Å². The summed E-state index contributed by atoms with van der Waals surface area (Å²) in [6.07, 6.45) is -4.03. The summed E-state index contributed by atoms with van der Waals surface area (Å²) in [5.41, 5.74) is -0.842. The number of rotatable bonds is 3. The van der Waals surface area contributed by atoms with E-state index in [4.69, 9.17) is 0 Å². The summed E-state index contributed by atoms with van der Waals surface area (Å²) < 4.78 is 51.1. The van der Waals surface area contributed by atoms with Gasteiger partial charge < -0.3 is 0 Å². The van der Waals surface area contributed by atoms with Crippen molar-refractivity contribution >= 4 is 18.0 Å². The maximum atomic E-state index is 13.4. The minimum Gasteiger partial charge on any atom is -0.298 e. The van der Waals surface area contributed by atoms with Crippen molar-refractivity contribution in [2.75, 3.05) is 0 Å². The molecule has 0 unspecified atom stereocenters. The van der Waals surface area contributed by atoms with E-state index in [1.54, 1.807) is 0 Å². The Morgan fingerprint density at radius 3 is 2.30 bits per heavy atom. The molecule has 0 saturated carbocycles. The standard InChI is InChI=1S/C14H8F4OS/c15-13-7-12(5-4-9(13)8-19)20-11-3-1-2-10(6-11)14(16,17)18/h1-8H. The zero-order valence-electron chi connectivity index (χ0n) is 9.95. The molecule has 0 heterocycles. The van der Waals surface area contributed by atoms with E-state index in [-0.39, 0.29) is 5.56 Å². The average Bonchev–Trinajstić information content (AvgIpc) is 2.38. The molecule has 0 atom stereocenters. The van der Waals surface area contributed by atoms with Crippen LogP contribution in [0.2, 0.25) is 0 Å². The molecule has 0 saturated heterocycles. The number of benzene rings is 2. The van der Waals surface area contributed by atoms with Crippen LogP contribution in [-0.2, 0) is 6.18 Å². The van der Waals surface area contributed by atoms with Gasteiger partial charge in [-0.2, -0.15) is 13.2 Å². The van der Waals surface area contributed by atoms with Gasteiger partial charge in [-0.25, -0.2) is 4.39 Å². The highest BCUT2D eigenvalue weighted by molar-refractivity contribution is 7.99. The third kappa shape index (κ3) is 3.39. The SMILES string of the molecule is O=Cc1ccc(Sc2cccc(C(F)(F)F)c2)cc1F. The van der Waals surface area contributed by atoms with Gasteiger partial charge in [0.15, 0.2) is 6.29 Å². The Balaban J connectivity index is 2.26. The molecule has 0 amide bonds. The third-order valence-corrected chi connectivity index (χ3v) is 3.48. The first-order chi connectivity index (χ1) is 9.40. The third-order valence-electron chi connectivity index (χ3n) is 2.50. The summed E-state index contributed by atoms with van der Waals surface area (Å²) in [5.74, 6) is -0.697. The Bertz CT molecular complexity index is 637. The molecule has 0 aliphatic heterocycles. The van der Waals surface area contributed by atoms with Crippen molar-refractivity contribution in [1.29, 1.82) is 0 Å². The van der Waals surface area contributed by atoms with Crippen LogP contribution in [0.25, 0.3) is 0 Å². The molecule has 2 aromatic rings. The van der Waals surface area contributed by atoms with E-state index in [0.717, 1.165) is 30.0 Å². The van der Waals surface area contributed by atoms with Crippen molar-refractivity contribution in [1.82, 2.24) is 0 Å². The molecule has 0 bridgehead atoms. The Labute approximate surface area is 116 Å². The molecule has 20 heavy (non-hydrogen) atoms. The molecule has 1 nitrogen and oxygen atoms in total. The summed E-state index contributed by atoms with van der Waals surface area (Å²) >= 11 is 0.995. The zero-order chi connectivity index (χ0) is 14.8. The van der Waals surface area contributed by atoms with Gasteiger partial charge in [-0.1, -0.05) is 17.8 Å². The highest BCUT2D eigenvalue weighted by atomic mass is 32.2. The van der Waals surface area contributed by atoms with Gasteiger partial charge in [0, 0.05) is 9.79 Å². The van der Waals surface area contributed by atoms with Gasteiger partial charge in [0.25, 0.3) is 0 Å². The van der Waals surface area contributed by atoms with E-state index in [1.807, 2.05) is 0 Å². The van der Waals surface area contributed by atoms with Gasteiger partial charge in [-0.15, -0.1) is 0 Å². The number of carbonyl (C=O) groups excluding carboxylic acids is 1. The predicted octanol–water partition coefficient (Wildman–Crippen LogP) is 4.81. The Morgan fingerprint density at radius 1 is 1.00 bits per heavy atom. The van der Waals surface area contributed by atoms with Gasteiger partial charge in [-0.05, 0) is 36.4 Å². The Kier molecular flexibility index (Phi) is 4.13. The largest absolute Gasteiger partial charge is 0.416 e.